The van der Waals surface area contributed by atoms with Crippen LogP contribution in [0.15, 0.2) is 55.1 Å². The third-order valence-corrected chi connectivity index (χ3v) is 3.72. The number of hydrogen-bond acceptors (Lipinski definition) is 6. The van der Waals surface area contributed by atoms with Crippen LogP contribution >= 0.6 is 0 Å². The maximum Gasteiger partial charge on any atom is 0.380 e. The Morgan fingerprint density at radius 1 is 1.04 bits per heavy atom. The van der Waals surface area contributed by atoms with E-state index in [-0.39, 0.29) is 18.0 Å². The normalized spacial score (nSPS) is 11.3. The lowest BCUT2D eigenvalue weighted by Gasteiger charge is -2.25. The first-order valence-electron chi connectivity index (χ1n) is 7.20. The molecular formula is C15H13F2N5O3S. The van der Waals surface area contributed by atoms with E-state index in [1.54, 1.807) is 12.1 Å². The summed E-state index contributed by atoms with van der Waals surface area (Å²) in [5.74, 6) is -1.41. The highest BCUT2D eigenvalue weighted by atomic mass is 32.2. The van der Waals surface area contributed by atoms with E-state index in [4.69, 9.17) is 5.14 Å². The van der Waals surface area contributed by atoms with Crippen molar-refractivity contribution in [2.45, 2.75) is 6.54 Å². The number of anilines is 1. The molecule has 0 spiro atoms. The second-order valence-electron chi connectivity index (χ2n) is 5.25. The number of aromatic nitrogens is 3. The number of hydrogen-bond donors (Lipinski definition) is 1. The van der Waals surface area contributed by atoms with Gasteiger partial charge < -0.3 is 4.18 Å². The van der Waals surface area contributed by atoms with Crippen LogP contribution < -0.4 is 14.3 Å². The summed E-state index contributed by atoms with van der Waals surface area (Å²) in [6.07, 6.45) is 2.75. The molecule has 0 saturated carbocycles. The summed E-state index contributed by atoms with van der Waals surface area (Å²) in [5, 5.41) is 13.7. The molecule has 11 heteroatoms. The molecule has 26 heavy (non-hydrogen) atoms. The number of nitrogens with two attached hydrogens (primary N) is 1. The molecule has 0 aliphatic rings. The van der Waals surface area contributed by atoms with E-state index in [0.29, 0.717) is 5.56 Å². The molecular weight excluding hydrogens is 368 g/mol. The van der Waals surface area contributed by atoms with Gasteiger partial charge in [-0.15, -0.1) is 10.2 Å². The average Bonchev–Trinajstić information content (AvgIpc) is 3.06. The van der Waals surface area contributed by atoms with Crippen LogP contribution in [0.1, 0.15) is 5.56 Å². The van der Waals surface area contributed by atoms with Crippen molar-refractivity contribution in [3.8, 4) is 5.75 Å². The molecule has 3 aromatic rings. The Labute approximate surface area is 147 Å². The van der Waals surface area contributed by atoms with Gasteiger partial charge in [-0.05, 0) is 29.8 Å². The molecule has 2 aromatic carbocycles. The van der Waals surface area contributed by atoms with Crippen molar-refractivity contribution in [1.29, 1.82) is 0 Å². The lowest BCUT2D eigenvalue weighted by Crippen LogP contribution is -2.28. The molecule has 0 bridgehead atoms. The van der Waals surface area contributed by atoms with Crippen molar-refractivity contribution in [3.05, 3.63) is 72.3 Å². The fraction of sp³-hybridized carbons (Fsp3) is 0.0667. The van der Waals surface area contributed by atoms with E-state index < -0.39 is 21.9 Å². The molecule has 136 valence electrons. The molecule has 0 atom stereocenters. The quantitative estimate of drug-likeness (QED) is 0.696. The molecule has 0 aliphatic heterocycles. The summed E-state index contributed by atoms with van der Waals surface area (Å²) in [6, 6.07) is 9.11. The number of rotatable bonds is 6. The molecule has 0 unspecified atom stereocenters. The first kappa shape index (κ1) is 17.8. The molecule has 1 aromatic heterocycles. The van der Waals surface area contributed by atoms with E-state index in [0.717, 1.165) is 6.07 Å². The lowest BCUT2D eigenvalue weighted by atomic mass is 10.2. The maximum absolute atomic E-state index is 13.6. The summed E-state index contributed by atoms with van der Waals surface area (Å²) in [6.45, 7) is 0.191. The van der Waals surface area contributed by atoms with Gasteiger partial charge in [0.2, 0.25) is 0 Å². The second-order valence-corrected chi connectivity index (χ2v) is 6.40. The monoisotopic (exact) mass is 381 g/mol. The molecule has 1 heterocycles. The Balaban J connectivity index is 1.89. The van der Waals surface area contributed by atoms with Crippen LogP contribution in [0.3, 0.4) is 0 Å². The largest absolute Gasteiger partial charge is 0.380 e. The zero-order valence-electron chi connectivity index (χ0n) is 13.2. The Bertz CT molecular complexity index is 974. The average molecular weight is 381 g/mol. The van der Waals surface area contributed by atoms with Crippen LogP contribution in [0.4, 0.5) is 14.5 Å². The number of nitrogens with zero attached hydrogens (tertiary/aromatic N) is 4. The fourth-order valence-corrected chi connectivity index (χ4v) is 2.65. The zero-order chi connectivity index (χ0) is 18.7. The van der Waals surface area contributed by atoms with Gasteiger partial charge in [-0.3, -0.25) is 5.01 Å². The van der Waals surface area contributed by atoms with Crippen molar-refractivity contribution in [2.75, 3.05) is 5.01 Å². The van der Waals surface area contributed by atoms with E-state index in [9.17, 15) is 17.2 Å². The predicted octanol–water partition coefficient (Wildman–Crippen LogP) is 1.61. The topological polar surface area (TPSA) is 103 Å². The van der Waals surface area contributed by atoms with E-state index in [2.05, 4.69) is 14.4 Å². The van der Waals surface area contributed by atoms with Gasteiger partial charge in [0.1, 0.15) is 30.0 Å². The Morgan fingerprint density at radius 2 is 1.62 bits per heavy atom. The van der Waals surface area contributed by atoms with Crippen molar-refractivity contribution in [2.24, 2.45) is 5.14 Å². The van der Waals surface area contributed by atoms with Gasteiger partial charge in [-0.2, -0.15) is 13.6 Å². The molecule has 0 amide bonds. The van der Waals surface area contributed by atoms with Gasteiger partial charge in [-0.25, -0.2) is 13.5 Å². The van der Waals surface area contributed by atoms with Crippen molar-refractivity contribution >= 4 is 16.0 Å². The van der Waals surface area contributed by atoms with Gasteiger partial charge in [0.05, 0.1) is 12.2 Å². The summed E-state index contributed by atoms with van der Waals surface area (Å²) in [5.41, 5.74) is 0.942. The van der Waals surface area contributed by atoms with Gasteiger partial charge in [0, 0.05) is 6.07 Å². The van der Waals surface area contributed by atoms with Crippen LogP contribution in [0.25, 0.3) is 0 Å². The fourth-order valence-electron chi connectivity index (χ4n) is 2.27. The number of halogens is 2. The predicted molar refractivity (Wildman–Crippen MR) is 88.1 cm³/mol. The van der Waals surface area contributed by atoms with Crippen LogP contribution in [0, 0.1) is 11.6 Å². The highest BCUT2D eigenvalue weighted by molar-refractivity contribution is 7.84. The van der Waals surface area contributed by atoms with Crippen LogP contribution in [-0.2, 0) is 16.8 Å². The molecule has 0 saturated heterocycles. The second kappa shape index (κ2) is 7.06. The molecule has 0 radical (unpaired) electrons. The van der Waals surface area contributed by atoms with E-state index in [1.807, 2.05) is 0 Å². The van der Waals surface area contributed by atoms with Crippen LogP contribution in [-0.4, -0.2) is 23.3 Å². The summed E-state index contributed by atoms with van der Waals surface area (Å²) in [7, 11) is -4.12. The van der Waals surface area contributed by atoms with Crippen molar-refractivity contribution < 1.29 is 21.4 Å². The summed E-state index contributed by atoms with van der Waals surface area (Å²) < 4.78 is 55.1. The molecule has 0 aliphatic carbocycles. The first-order chi connectivity index (χ1) is 12.3. The van der Waals surface area contributed by atoms with Crippen molar-refractivity contribution in [1.82, 2.24) is 14.9 Å². The number of benzene rings is 2. The van der Waals surface area contributed by atoms with Gasteiger partial charge in [-0.1, -0.05) is 12.1 Å². The van der Waals surface area contributed by atoms with E-state index in [1.165, 1.54) is 46.6 Å². The minimum atomic E-state index is -4.12. The van der Waals surface area contributed by atoms with Crippen LogP contribution in [0.5, 0.6) is 5.75 Å². The molecule has 3 rings (SSSR count). The zero-order valence-corrected chi connectivity index (χ0v) is 14.0. The summed E-state index contributed by atoms with van der Waals surface area (Å²) >= 11 is 0. The van der Waals surface area contributed by atoms with Crippen molar-refractivity contribution in [3.63, 3.8) is 0 Å². The van der Waals surface area contributed by atoms with Gasteiger partial charge in [0.25, 0.3) is 0 Å². The van der Waals surface area contributed by atoms with E-state index >= 15 is 0 Å². The van der Waals surface area contributed by atoms with Crippen LogP contribution in [0.2, 0.25) is 0 Å². The minimum Gasteiger partial charge on any atom is -0.371 e. The minimum absolute atomic E-state index is 0.0453. The standard InChI is InChI=1S/C15H13F2N5O3S/c16-12-5-13(17)7-14(6-12)22(21-9-19-20-10-21)8-11-1-3-15(4-2-11)25-26(18,23)24/h1-7,9-10H,8H2,(H2,18,23,24). The summed E-state index contributed by atoms with van der Waals surface area (Å²) in [4.78, 5) is 0. The smallest absolute Gasteiger partial charge is 0.371 e. The van der Waals surface area contributed by atoms with Gasteiger partial charge >= 0.3 is 10.3 Å². The first-order valence-corrected chi connectivity index (χ1v) is 8.67. The highest BCUT2D eigenvalue weighted by Gasteiger charge is 2.13. The Morgan fingerprint density at radius 3 is 2.15 bits per heavy atom. The molecule has 0 fully saturated rings. The Hall–Kier alpha value is -3.05. The van der Waals surface area contributed by atoms with Gasteiger partial charge in [0.15, 0.2) is 0 Å². The highest BCUT2D eigenvalue weighted by Crippen LogP contribution is 2.22. The SMILES string of the molecule is NS(=O)(=O)Oc1ccc(CN(c2cc(F)cc(F)c2)n2cnnc2)cc1. The lowest BCUT2D eigenvalue weighted by molar-refractivity contribution is 0.487. The molecule has 2 N–H and O–H groups in total. The third-order valence-electron chi connectivity index (χ3n) is 3.30. The molecule has 8 nitrogen and oxygen atoms in total. The maximum atomic E-state index is 13.6. The Kier molecular flexibility index (Phi) is 4.82. The third kappa shape index (κ3) is 4.52.